The molecule has 1 aliphatic carbocycles. The number of carbonyl (C=O) groups is 1. The van der Waals surface area contributed by atoms with E-state index >= 15 is 0 Å². The van der Waals surface area contributed by atoms with Gasteiger partial charge in [-0.15, -0.1) is 0 Å². The molecule has 3 rings (SSSR count). The second-order valence-corrected chi connectivity index (χ2v) is 6.22. The summed E-state index contributed by atoms with van der Waals surface area (Å²) in [5, 5.41) is 8.89. The maximum atomic E-state index is 12.3. The van der Waals surface area contributed by atoms with Crippen LogP contribution in [0.5, 0.6) is 5.88 Å². The Kier molecular flexibility index (Phi) is 4.57. The number of pyridine rings is 1. The van der Waals surface area contributed by atoms with Crippen LogP contribution in [0.3, 0.4) is 0 Å². The Balaban J connectivity index is 1.51. The molecule has 2 fully saturated rings. The highest BCUT2D eigenvalue weighted by Crippen LogP contribution is 2.29. The van der Waals surface area contributed by atoms with Crippen molar-refractivity contribution in [3.63, 3.8) is 0 Å². The predicted molar refractivity (Wildman–Crippen MR) is 81.1 cm³/mol. The Morgan fingerprint density at radius 2 is 2.23 bits per heavy atom. The van der Waals surface area contributed by atoms with E-state index in [9.17, 15) is 4.79 Å². The van der Waals surface area contributed by atoms with E-state index in [1.165, 1.54) is 25.7 Å². The van der Waals surface area contributed by atoms with E-state index in [2.05, 4.69) is 11.1 Å². The average Bonchev–Trinajstić information content (AvgIpc) is 3.19. The van der Waals surface area contributed by atoms with E-state index in [1.54, 1.807) is 18.3 Å². The molecule has 1 aliphatic heterocycles. The number of amides is 1. The summed E-state index contributed by atoms with van der Waals surface area (Å²) in [6.07, 6.45) is 8.01. The van der Waals surface area contributed by atoms with Crippen LogP contribution in [0, 0.1) is 17.2 Å². The molecular weight excluding hydrogens is 278 g/mol. The molecule has 1 amide bonds. The molecule has 1 aromatic heterocycles. The molecule has 2 aliphatic rings. The van der Waals surface area contributed by atoms with Crippen LogP contribution in [0.4, 0.5) is 0 Å². The summed E-state index contributed by atoms with van der Waals surface area (Å²) in [6, 6.07) is 5.37. The van der Waals surface area contributed by atoms with Gasteiger partial charge >= 0.3 is 0 Å². The van der Waals surface area contributed by atoms with Gasteiger partial charge in [0.1, 0.15) is 6.10 Å². The first-order valence-corrected chi connectivity index (χ1v) is 8.05. The van der Waals surface area contributed by atoms with Crippen LogP contribution in [0.2, 0.25) is 0 Å². The summed E-state index contributed by atoms with van der Waals surface area (Å²) in [6.45, 7) is 1.39. The van der Waals surface area contributed by atoms with Crippen LogP contribution in [0.15, 0.2) is 18.3 Å². The van der Waals surface area contributed by atoms with Crippen LogP contribution < -0.4 is 4.74 Å². The largest absolute Gasteiger partial charge is 0.472 e. The smallest absolute Gasteiger partial charge is 0.222 e. The third-order valence-corrected chi connectivity index (χ3v) is 4.59. The van der Waals surface area contributed by atoms with Gasteiger partial charge in [0.25, 0.3) is 0 Å². The van der Waals surface area contributed by atoms with Gasteiger partial charge in [-0.25, -0.2) is 4.98 Å². The Labute approximate surface area is 130 Å². The lowest BCUT2D eigenvalue weighted by Gasteiger charge is -2.19. The van der Waals surface area contributed by atoms with Crippen LogP contribution in [0.1, 0.15) is 44.1 Å². The van der Waals surface area contributed by atoms with Gasteiger partial charge in [0.15, 0.2) is 0 Å². The molecule has 1 aromatic rings. The molecule has 1 atom stereocenters. The van der Waals surface area contributed by atoms with Crippen molar-refractivity contribution in [1.82, 2.24) is 9.88 Å². The third-order valence-electron chi connectivity index (χ3n) is 4.59. The molecule has 2 heterocycles. The molecule has 1 unspecified atom stereocenters. The van der Waals surface area contributed by atoms with Gasteiger partial charge in [0, 0.05) is 31.6 Å². The lowest BCUT2D eigenvalue weighted by atomic mass is 10.0. The quantitative estimate of drug-likeness (QED) is 0.857. The Hall–Kier alpha value is -2.09. The Morgan fingerprint density at radius 3 is 3.00 bits per heavy atom. The third kappa shape index (κ3) is 3.56. The number of hydrogen-bond donors (Lipinski definition) is 0. The molecular formula is C17H21N3O2. The molecule has 22 heavy (non-hydrogen) atoms. The first kappa shape index (κ1) is 14.8. The van der Waals surface area contributed by atoms with E-state index in [0.29, 0.717) is 30.3 Å². The molecule has 1 saturated heterocycles. The number of hydrogen-bond acceptors (Lipinski definition) is 4. The van der Waals surface area contributed by atoms with Gasteiger partial charge in [0.2, 0.25) is 11.8 Å². The predicted octanol–water partition coefficient (Wildman–Crippen LogP) is 2.51. The van der Waals surface area contributed by atoms with Gasteiger partial charge in [-0.1, -0.05) is 12.8 Å². The van der Waals surface area contributed by atoms with Crippen molar-refractivity contribution in [3.05, 3.63) is 23.9 Å². The lowest BCUT2D eigenvalue weighted by Crippen LogP contribution is -2.32. The first-order chi connectivity index (χ1) is 10.7. The number of carbonyl (C=O) groups excluding carboxylic acids is 1. The number of nitrogens with zero attached hydrogens (tertiary/aromatic N) is 3. The number of ether oxygens (including phenoxy) is 1. The van der Waals surface area contributed by atoms with Crippen molar-refractivity contribution >= 4 is 5.91 Å². The fraction of sp³-hybridized carbons (Fsp3) is 0.588. The Bertz CT molecular complexity index is 576. The van der Waals surface area contributed by atoms with Crippen molar-refractivity contribution in [3.8, 4) is 11.9 Å². The van der Waals surface area contributed by atoms with Crippen molar-refractivity contribution in [1.29, 1.82) is 5.26 Å². The van der Waals surface area contributed by atoms with E-state index in [4.69, 9.17) is 10.00 Å². The van der Waals surface area contributed by atoms with Gasteiger partial charge in [-0.3, -0.25) is 4.79 Å². The number of rotatable bonds is 4. The molecule has 5 nitrogen and oxygen atoms in total. The van der Waals surface area contributed by atoms with Crippen LogP contribution >= 0.6 is 0 Å². The van der Waals surface area contributed by atoms with Crippen molar-refractivity contribution in [2.24, 2.45) is 5.92 Å². The molecule has 116 valence electrons. The molecule has 0 N–H and O–H groups in total. The van der Waals surface area contributed by atoms with E-state index in [-0.39, 0.29) is 12.0 Å². The zero-order chi connectivity index (χ0) is 15.4. The van der Waals surface area contributed by atoms with E-state index in [0.717, 1.165) is 13.0 Å². The van der Waals surface area contributed by atoms with Crippen LogP contribution in [-0.2, 0) is 4.79 Å². The minimum atomic E-state index is -0.0195. The molecule has 0 aromatic carbocycles. The minimum Gasteiger partial charge on any atom is -0.472 e. The lowest BCUT2D eigenvalue weighted by molar-refractivity contribution is -0.131. The number of likely N-dealkylation sites (tertiary alicyclic amines) is 1. The summed E-state index contributed by atoms with van der Waals surface area (Å²) in [5.74, 6) is 1.31. The minimum absolute atomic E-state index is 0.0195. The standard InChI is InChI=1S/C17H21N3O2/c18-11-14-5-7-19-16(9-14)22-15-6-8-20(12-15)17(21)10-13-3-1-2-4-13/h5,7,9,13,15H,1-4,6,8,10,12H2. The summed E-state index contributed by atoms with van der Waals surface area (Å²) >= 11 is 0. The highest BCUT2D eigenvalue weighted by Gasteiger charge is 2.29. The second-order valence-electron chi connectivity index (χ2n) is 6.22. The fourth-order valence-electron chi connectivity index (χ4n) is 3.36. The molecule has 5 heteroatoms. The van der Waals surface area contributed by atoms with Gasteiger partial charge in [0.05, 0.1) is 18.2 Å². The monoisotopic (exact) mass is 299 g/mol. The highest BCUT2D eigenvalue weighted by molar-refractivity contribution is 5.76. The summed E-state index contributed by atoms with van der Waals surface area (Å²) in [4.78, 5) is 18.4. The summed E-state index contributed by atoms with van der Waals surface area (Å²) in [5.41, 5.74) is 0.539. The Morgan fingerprint density at radius 1 is 1.41 bits per heavy atom. The van der Waals surface area contributed by atoms with Crippen LogP contribution in [-0.4, -0.2) is 35.0 Å². The summed E-state index contributed by atoms with van der Waals surface area (Å²) < 4.78 is 5.81. The summed E-state index contributed by atoms with van der Waals surface area (Å²) in [7, 11) is 0. The number of nitriles is 1. The molecule has 0 radical (unpaired) electrons. The second kappa shape index (κ2) is 6.78. The van der Waals surface area contributed by atoms with E-state index < -0.39 is 0 Å². The SMILES string of the molecule is N#Cc1ccnc(OC2CCN(C(=O)CC3CCCC3)C2)c1. The van der Waals surface area contributed by atoms with E-state index in [1.807, 2.05) is 4.90 Å². The fourth-order valence-corrected chi connectivity index (χ4v) is 3.36. The zero-order valence-electron chi connectivity index (χ0n) is 12.7. The normalized spacial score (nSPS) is 21.8. The van der Waals surface area contributed by atoms with Crippen molar-refractivity contribution in [2.45, 2.75) is 44.6 Å². The van der Waals surface area contributed by atoms with Crippen molar-refractivity contribution in [2.75, 3.05) is 13.1 Å². The topological polar surface area (TPSA) is 66.2 Å². The van der Waals surface area contributed by atoms with Gasteiger partial charge < -0.3 is 9.64 Å². The number of aromatic nitrogens is 1. The molecule has 0 bridgehead atoms. The molecule has 0 spiro atoms. The van der Waals surface area contributed by atoms with Gasteiger partial charge in [-0.2, -0.15) is 5.26 Å². The maximum absolute atomic E-state index is 12.3. The maximum Gasteiger partial charge on any atom is 0.222 e. The van der Waals surface area contributed by atoms with Crippen molar-refractivity contribution < 1.29 is 9.53 Å². The van der Waals surface area contributed by atoms with Crippen LogP contribution in [0.25, 0.3) is 0 Å². The average molecular weight is 299 g/mol. The van der Waals surface area contributed by atoms with Gasteiger partial charge in [-0.05, 0) is 24.8 Å². The first-order valence-electron chi connectivity index (χ1n) is 8.05. The zero-order valence-corrected chi connectivity index (χ0v) is 12.7. The highest BCUT2D eigenvalue weighted by atomic mass is 16.5. The molecule has 1 saturated carbocycles.